The van der Waals surface area contributed by atoms with Crippen LogP contribution >= 0.6 is 11.6 Å². The molecule has 2 bridgehead atoms. The van der Waals surface area contributed by atoms with Gasteiger partial charge in [0.15, 0.2) is 5.60 Å². The number of methoxy groups -OCH3 is 1. The predicted molar refractivity (Wildman–Crippen MR) is 208 cm³/mol. The summed E-state index contributed by atoms with van der Waals surface area (Å²) in [5.41, 5.74) is 1.78. The minimum absolute atomic E-state index is 0. The average molecular weight is 737 g/mol. The summed E-state index contributed by atoms with van der Waals surface area (Å²) >= 11 is 7.33. The molecule has 0 aromatic heterocycles. The summed E-state index contributed by atoms with van der Waals surface area (Å²) in [5.74, 6) is 0.0262. The van der Waals surface area contributed by atoms with Gasteiger partial charge in [-0.3, -0.25) is 0 Å². The third-order valence-electron chi connectivity index (χ3n) is 11.4. The van der Waals surface area contributed by atoms with Gasteiger partial charge in [-0.05, 0) is 88.1 Å². The van der Waals surface area contributed by atoms with Gasteiger partial charge in [-0.2, -0.15) is 4.89 Å². The van der Waals surface area contributed by atoms with Crippen molar-refractivity contribution >= 4 is 36.2 Å². The van der Waals surface area contributed by atoms with Gasteiger partial charge in [0.1, 0.15) is 12.4 Å². The Morgan fingerprint density at radius 2 is 1.58 bits per heavy atom. The van der Waals surface area contributed by atoms with E-state index in [1.54, 1.807) is 19.3 Å². The van der Waals surface area contributed by atoms with E-state index in [2.05, 4.69) is 13.8 Å². The minimum Gasteiger partial charge on any atom is -0.487 e. The van der Waals surface area contributed by atoms with Crippen LogP contribution in [0, 0.1) is 23.7 Å². The maximum atomic E-state index is 10.8. The molecule has 52 heavy (non-hydrogen) atoms. The van der Waals surface area contributed by atoms with Crippen molar-refractivity contribution in [1.82, 2.24) is 0 Å². The third kappa shape index (κ3) is 7.68. The van der Waals surface area contributed by atoms with Gasteiger partial charge in [-0.25, -0.2) is 9.68 Å². The fourth-order valence-electron chi connectivity index (χ4n) is 8.32. The van der Waals surface area contributed by atoms with Gasteiger partial charge in [-0.1, -0.05) is 114 Å². The number of ether oxygens (including phenoxy) is 2. The van der Waals surface area contributed by atoms with Crippen LogP contribution in [-0.4, -0.2) is 42.1 Å². The molecule has 1 spiro atoms. The number of benzene rings is 2. The van der Waals surface area contributed by atoms with Crippen LogP contribution in [0.25, 0.3) is 6.08 Å². The van der Waals surface area contributed by atoms with E-state index in [4.69, 9.17) is 45.3 Å². The summed E-state index contributed by atoms with van der Waals surface area (Å²) in [6.45, 7) is 17.0. The highest BCUT2D eigenvalue weighted by Gasteiger charge is 2.74. The molecule has 6 atom stereocenters. The van der Waals surface area contributed by atoms with Gasteiger partial charge in [0.2, 0.25) is 0 Å². The van der Waals surface area contributed by atoms with Crippen LogP contribution in [0.1, 0.15) is 105 Å². The van der Waals surface area contributed by atoms with Crippen LogP contribution in [0.4, 0.5) is 0 Å². The lowest BCUT2D eigenvalue weighted by Crippen LogP contribution is -2.74. The molecule has 6 rings (SSSR count). The number of carboxylic acids is 1. The van der Waals surface area contributed by atoms with Crippen molar-refractivity contribution in [2.24, 2.45) is 23.7 Å². The van der Waals surface area contributed by atoms with Crippen molar-refractivity contribution < 1.29 is 38.5 Å². The molecule has 2 aromatic rings. The Labute approximate surface area is 316 Å². The van der Waals surface area contributed by atoms with Crippen LogP contribution in [0.15, 0.2) is 66.8 Å². The zero-order chi connectivity index (χ0) is 37.2. The van der Waals surface area contributed by atoms with E-state index in [1.807, 2.05) is 90.1 Å². The monoisotopic (exact) mass is 736 g/mol. The number of fused-ring (bicyclic) bond motifs is 3. The van der Waals surface area contributed by atoms with Crippen molar-refractivity contribution in [1.29, 1.82) is 0 Å². The summed E-state index contributed by atoms with van der Waals surface area (Å²) in [5, 5.41) is 9.27. The predicted octanol–water partition coefficient (Wildman–Crippen LogP) is 9.68. The number of halogens is 1. The van der Waals surface area contributed by atoms with Gasteiger partial charge in [0.25, 0.3) is 5.79 Å². The topological polar surface area (TPSA) is 92.7 Å². The molecule has 2 aliphatic carbocycles. The highest BCUT2D eigenvalue weighted by atomic mass is 35.5. The Morgan fingerprint density at radius 1 is 0.923 bits per heavy atom. The lowest BCUT2D eigenvalue weighted by Gasteiger charge is -2.65. The second-order valence-corrected chi connectivity index (χ2v) is 15.6. The SMILES string of the molecule is C.CC.COC1(c2ccc(/C=C/C=C/C=C/C(=O)O)c(OCc3ccc(B4OC(C)(C)C(C)(C)O4)cc3)c2Cl)OOC12C(C)CC1CC(C)CC2C1. The van der Waals surface area contributed by atoms with Crippen molar-refractivity contribution in [3.05, 3.63) is 88.5 Å². The Bertz CT molecular complexity index is 1610. The number of rotatable bonds is 10. The molecular weight excluding hydrogens is 679 g/mol. The summed E-state index contributed by atoms with van der Waals surface area (Å²) in [7, 11) is 1.21. The van der Waals surface area contributed by atoms with Crippen LogP contribution in [0.2, 0.25) is 5.02 Å². The molecule has 1 N–H and O–H groups in total. The molecule has 284 valence electrons. The van der Waals surface area contributed by atoms with E-state index in [0.717, 1.165) is 41.9 Å². The molecule has 2 heterocycles. The summed E-state index contributed by atoms with van der Waals surface area (Å²) in [4.78, 5) is 23.1. The first kappa shape index (κ1) is 41.8. The van der Waals surface area contributed by atoms with Crippen LogP contribution < -0.4 is 10.2 Å². The first-order valence-corrected chi connectivity index (χ1v) is 18.7. The minimum atomic E-state index is -1.19. The average Bonchev–Trinajstić information content (AvgIpc) is 3.29. The molecule has 4 fully saturated rings. The molecule has 10 heteroatoms. The van der Waals surface area contributed by atoms with Crippen molar-refractivity contribution in [3.63, 3.8) is 0 Å². The molecule has 6 unspecified atom stereocenters. The summed E-state index contributed by atoms with van der Waals surface area (Å²) < 4.78 is 25.3. The van der Waals surface area contributed by atoms with E-state index in [-0.39, 0.29) is 25.9 Å². The van der Waals surface area contributed by atoms with Gasteiger partial charge >= 0.3 is 13.1 Å². The largest absolute Gasteiger partial charge is 0.494 e. The molecule has 8 nitrogen and oxygen atoms in total. The normalized spacial score (nSPS) is 30.2. The highest BCUT2D eigenvalue weighted by Crippen LogP contribution is 2.65. The Balaban J connectivity index is 0.00000198. The van der Waals surface area contributed by atoms with Crippen molar-refractivity contribution in [2.45, 2.75) is 118 Å². The van der Waals surface area contributed by atoms with E-state index in [9.17, 15) is 4.79 Å². The molecule has 0 radical (unpaired) electrons. The highest BCUT2D eigenvalue weighted by molar-refractivity contribution is 6.62. The number of aliphatic carboxylic acids is 1. The van der Waals surface area contributed by atoms with E-state index >= 15 is 0 Å². The Kier molecular flexibility index (Phi) is 13.4. The van der Waals surface area contributed by atoms with E-state index in [1.165, 1.54) is 12.5 Å². The molecule has 2 aromatic carbocycles. The second kappa shape index (κ2) is 16.6. The first-order chi connectivity index (χ1) is 24.2. The molecule has 4 aliphatic rings. The van der Waals surface area contributed by atoms with Crippen LogP contribution in [-0.2, 0) is 41.0 Å². The third-order valence-corrected chi connectivity index (χ3v) is 11.8. The van der Waals surface area contributed by atoms with Gasteiger partial charge in [0.05, 0.1) is 16.2 Å². The number of hydrogen-bond acceptors (Lipinski definition) is 7. The maximum Gasteiger partial charge on any atom is 0.494 e. The van der Waals surface area contributed by atoms with Crippen molar-refractivity contribution in [2.75, 3.05) is 7.11 Å². The van der Waals surface area contributed by atoms with E-state index < -0.39 is 35.7 Å². The number of allylic oxidation sites excluding steroid dienone is 4. The summed E-state index contributed by atoms with van der Waals surface area (Å²) in [6, 6.07) is 11.9. The summed E-state index contributed by atoms with van der Waals surface area (Å²) in [6.07, 6.45) is 14.0. The number of carboxylic acid groups (broad SMARTS) is 1. The molecule has 2 saturated heterocycles. The Hall–Kier alpha value is -2.92. The maximum absolute atomic E-state index is 10.8. The van der Waals surface area contributed by atoms with Gasteiger partial charge < -0.3 is 23.9 Å². The van der Waals surface area contributed by atoms with Crippen LogP contribution in [0.3, 0.4) is 0 Å². The zero-order valence-corrected chi connectivity index (χ0v) is 32.3. The molecular formula is C42H58BClO8. The van der Waals surface area contributed by atoms with Gasteiger partial charge in [0, 0.05) is 24.3 Å². The second-order valence-electron chi connectivity index (χ2n) is 15.2. The lowest BCUT2D eigenvalue weighted by molar-refractivity contribution is -0.641. The smallest absolute Gasteiger partial charge is 0.487 e. The quantitative estimate of drug-likeness (QED) is 0.112. The fourth-order valence-corrected chi connectivity index (χ4v) is 8.67. The Morgan fingerprint density at radius 3 is 2.17 bits per heavy atom. The molecule has 0 amide bonds. The number of carbonyl (C=O) groups is 1. The van der Waals surface area contributed by atoms with E-state index in [0.29, 0.717) is 28.2 Å². The van der Waals surface area contributed by atoms with Crippen molar-refractivity contribution in [3.8, 4) is 5.75 Å². The zero-order valence-electron chi connectivity index (χ0n) is 31.5. The van der Waals surface area contributed by atoms with Crippen LogP contribution in [0.5, 0.6) is 5.75 Å². The lowest BCUT2D eigenvalue weighted by atomic mass is 9.54. The molecule has 2 aliphatic heterocycles. The molecule has 2 saturated carbocycles. The first-order valence-electron chi connectivity index (χ1n) is 18.3. The standard InChI is InChI=1S/C39H48BClO8.C2H6.CH4/c1-25-20-28-22-26(2)38(30(21-25)23-28)39(44-7,49-48-38)32-19-16-29(12-10-8-9-11-13-33(42)43)35(34(32)41)45-24-27-14-17-31(18-15-27)40-46-36(3,4)37(5,6)47-40;1-2;/h8-19,25-26,28,30H,20-24H2,1-7H3,(H,42,43);1-2H3;1H4/b9-8+,12-10+,13-11+;;. The fraction of sp³-hybridized carbons (Fsp3) is 0.548. The van der Waals surface area contributed by atoms with Gasteiger partial charge in [-0.15, -0.1) is 0 Å². The number of hydrogen-bond donors (Lipinski definition) is 1.